The zero-order valence-corrected chi connectivity index (χ0v) is 76.7. The molecule has 672 valence electrons. The van der Waals surface area contributed by atoms with Crippen LogP contribution in [0.4, 0.5) is 9.59 Å². The van der Waals surface area contributed by atoms with E-state index in [4.69, 9.17) is 38.8 Å². The van der Waals surface area contributed by atoms with Gasteiger partial charge in [0.05, 0.1) is 0 Å². The summed E-state index contributed by atoms with van der Waals surface area (Å²) in [4.78, 5) is 209. The summed E-state index contributed by atoms with van der Waals surface area (Å²) in [5.74, 6) is -12.8. The average Bonchev–Trinajstić information content (AvgIpc) is 1.67. The number of nitrogens with two attached hydrogens (primary N) is 1. The van der Waals surface area contributed by atoms with Crippen LogP contribution in [-0.2, 0) is 97.0 Å². The number of primary amides is 1. The van der Waals surface area contributed by atoms with Gasteiger partial charge < -0.3 is 63.1 Å². The van der Waals surface area contributed by atoms with Crippen LogP contribution in [0.1, 0.15) is 116 Å². The molecule has 0 unspecified atom stereocenters. The van der Waals surface area contributed by atoms with E-state index in [1.807, 2.05) is 97.1 Å². The van der Waals surface area contributed by atoms with Crippen molar-refractivity contribution in [3.63, 3.8) is 0 Å². The molecule has 9 aromatic rings. The van der Waals surface area contributed by atoms with Gasteiger partial charge in [0.1, 0.15) is 78.7 Å². The van der Waals surface area contributed by atoms with Crippen molar-refractivity contribution in [3.8, 4) is 22.3 Å². The summed E-state index contributed by atoms with van der Waals surface area (Å²) < 4.78 is 12.7. The van der Waals surface area contributed by atoms with E-state index in [9.17, 15) is 28.8 Å². The maximum atomic E-state index is 16.7. The Kier molecular flexibility index (Phi) is 31.6. The molecular weight excluding hydrogens is 1720 g/mol. The van der Waals surface area contributed by atoms with E-state index in [-0.39, 0.29) is 6.61 Å². The van der Waals surface area contributed by atoms with Gasteiger partial charge in [-0.15, -0.1) is 0 Å². The van der Waals surface area contributed by atoms with Gasteiger partial charge in [0.25, 0.3) is 11.8 Å². The molecule has 0 spiro atoms. The van der Waals surface area contributed by atoms with Crippen molar-refractivity contribution in [2.75, 3.05) is 25.5 Å². The molecule has 28 nitrogen and oxygen atoms in total. The van der Waals surface area contributed by atoms with Gasteiger partial charge in [-0.1, -0.05) is 272 Å². The molecule has 2 aliphatic rings. The summed E-state index contributed by atoms with van der Waals surface area (Å²) in [5, 5.41) is 25.7. The van der Waals surface area contributed by atoms with Gasteiger partial charge in [0.2, 0.25) is 59.1 Å². The summed E-state index contributed by atoms with van der Waals surface area (Å²) >= 11 is 13.6. The first kappa shape index (κ1) is 96.5. The van der Waals surface area contributed by atoms with Gasteiger partial charge in [0, 0.05) is 49.6 Å². The van der Waals surface area contributed by atoms with Crippen LogP contribution < -0.4 is 74.8 Å². The largest absolute Gasteiger partial charge is 0.448 e. The van der Waals surface area contributed by atoms with Crippen molar-refractivity contribution in [2.45, 2.75) is 160 Å². The van der Waals surface area contributed by atoms with Crippen LogP contribution in [0.5, 0.6) is 0 Å². The van der Waals surface area contributed by atoms with Crippen LogP contribution in [0.25, 0.3) is 22.3 Å². The summed E-state index contributed by atoms with van der Waals surface area (Å²) in [6, 6.07) is 51.7. The number of nitrogens with one attached hydrogen (secondary N) is 9. The summed E-state index contributed by atoms with van der Waals surface area (Å²) in [5.41, 5.74) is 8.97. The summed E-state index contributed by atoms with van der Waals surface area (Å²) in [7, 11) is 0. The van der Waals surface area contributed by atoms with Gasteiger partial charge >= 0.3 is 12.2 Å². The third-order valence-corrected chi connectivity index (χ3v) is 32.5. The Labute approximate surface area is 759 Å². The Morgan fingerprint density at radius 3 is 0.984 bits per heavy atom. The highest BCUT2D eigenvalue weighted by atomic mass is 32.4. The van der Waals surface area contributed by atoms with Crippen molar-refractivity contribution in [1.82, 2.24) is 57.7 Å². The Bertz CT molecular complexity index is 5640. The topological polar surface area (TPSA) is 398 Å². The third-order valence-electron chi connectivity index (χ3n) is 22.8. The minimum Gasteiger partial charge on any atom is -0.448 e. The highest BCUT2D eigenvalue weighted by Crippen LogP contribution is 2.49. The number of fused-ring (bicyclic) bond motifs is 6. The molecule has 0 fully saturated rings. The fraction of sp³-hybridized carbons (Fsp3) is 0.299. The molecule has 9 atom stereocenters. The molecule has 14 amide bonds. The number of amides is 14. The van der Waals surface area contributed by atoms with Gasteiger partial charge in [-0.3, -0.25) is 57.5 Å². The summed E-state index contributed by atoms with van der Waals surface area (Å²) in [6.07, 6.45) is -4.13. The lowest BCUT2D eigenvalue weighted by Gasteiger charge is -2.36. The van der Waals surface area contributed by atoms with E-state index < -0.39 is 198 Å². The average molecular weight is 1820 g/mol. The normalized spacial score (nSPS) is 14.3. The zero-order valence-electron chi connectivity index (χ0n) is 73.3. The van der Waals surface area contributed by atoms with E-state index in [0.29, 0.717) is 36.6 Å². The maximum Gasteiger partial charge on any atom is 0.417 e. The number of nitrogens with zero attached hydrogens (tertiary/aromatic N) is 2. The quantitative estimate of drug-likeness (QED) is 0.0169. The molecule has 9 aromatic carbocycles. The molecule has 0 aliphatic heterocycles. The Morgan fingerprint density at radius 2 is 0.643 bits per heavy atom. The van der Waals surface area contributed by atoms with Crippen molar-refractivity contribution in [3.05, 3.63) is 277 Å². The first-order valence-electron chi connectivity index (χ1n) is 42.2. The number of imide groups is 2. The van der Waals surface area contributed by atoms with Gasteiger partial charge in [-0.25, -0.2) is 19.4 Å². The van der Waals surface area contributed by atoms with Crippen molar-refractivity contribution in [1.29, 1.82) is 0 Å². The second-order valence-electron chi connectivity index (χ2n) is 33.1. The predicted molar refractivity (Wildman–Crippen MR) is 501 cm³/mol. The standard InChI is InChI=1S/C97H106N12O16P2S2/c1-58(83(98)111)103-92(120)96(8,9)107-87(115)62(5)102-89(117)82(57-127(129,68-41-23-15-24-42-68)69-43-25-16-26-44-69)109(95(123)125-55-79-76-51-33-29-47-72(76)73-48-30-34-52-77(73)79)91(119)80(53-65-35-17-12-18-36-65)105-85(113)60(3)100-84(112)59(2)101-88(116)81(56-126(128,66-37-19-13-20-38-66)67-39-21-14-22-40-67)108(90(118)63(6)104-93(121)97(10,11)106-86(114)61(4)99-64(7)110)94(122)124-54-78-74-49-31-27-45-70(74)71-46-28-32-50-75(71)78/h12-52,58-63,78-82H,53-57H2,1-11H3,(H2,98,111)(H,99,110)(H,100,112)(H,101,116)(H,102,117)(H,103,120)(H,104,121)(H,105,113)(H,106,114)(H,107,115)/t58-,59-,60-,61-,62-,63-,80-,81-,82-/m0/s1. The van der Waals surface area contributed by atoms with E-state index in [1.165, 1.54) is 76.2 Å². The summed E-state index contributed by atoms with van der Waals surface area (Å²) in [6.45, 7) is 13.7. The molecule has 0 bridgehead atoms. The molecule has 0 saturated heterocycles. The van der Waals surface area contributed by atoms with Crippen LogP contribution in [0.15, 0.2) is 249 Å². The number of benzene rings is 9. The first-order chi connectivity index (χ1) is 61.3. The monoisotopic (exact) mass is 1820 g/mol. The molecule has 0 saturated carbocycles. The number of hydrogen-bond donors (Lipinski definition) is 10. The lowest BCUT2D eigenvalue weighted by Crippen LogP contribution is -2.64. The van der Waals surface area contributed by atoms with Crippen molar-refractivity contribution < 1.29 is 76.6 Å². The molecule has 32 heteroatoms. The Balaban J connectivity index is 0.953. The van der Waals surface area contributed by atoms with Crippen molar-refractivity contribution in [2.24, 2.45) is 5.73 Å². The molecule has 11 N–H and O–H groups in total. The van der Waals surface area contributed by atoms with E-state index >= 15 is 38.4 Å². The Morgan fingerprint density at radius 1 is 0.357 bits per heavy atom. The van der Waals surface area contributed by atoms with E-state index in [1.54, 1.807) is 152 Å². The molecule has 129 heavy (non-hydrogen) atoms. The van der Waals surface area contributed by atoms with E-state index in [0.717, 1.165) is 44.5 Å². The van der Waals surface area contributed by atoms with Crippen LogP contribution in [0.3, 0.4) is 0 Å². The maximum absolute atomic E-state index is 16.7. The first-order valence-corrected chi connectivity index (χ1v) is 48.2. The Hall–Kier alpha value is -13.1. The fourth-order valence-electron chi connectivity index (χ4n) is 15.6. The molecular formula is C97H106N12O16P2S2. The van der Waals surface area contributed by atoms with E-state index in [2.05, 4.69) is 47.9 Å². The zero-order chi connectivity index (χ0) is 93.4. The molecule has 2 aliphatic carbocycles. The molecule has 0 radical (unpaired) electrons. The SMILES string of the molecule is CC(=O)N[C@@H](C)C(=O)NC(C)(C)C(=O)N[C@@H](C)C(=O)N(C(=O)OCC1c2ccccc2-c2ccccc21)[C@@H](CP(=S)(c1ccccc1)c1ccccc1)C(=O)N[C@@H](C)C(=O)N[C@@H](C)C(=O)N[C@@H](Cc1ccccc1)C(=O)N(C(=O)OCC1c2ccccc2-c2ccccc21)[C@@H](CP(=S)(c1ccccc1)c1ccccc1)C(=O)N[C@@H](C)C(=O)NC(C)(C)C(=O)N[C@@H](C)C(N)=O. The molecule has 0 heterocycles. The highest BCUT2D eigenvalue weighted by Gasteiger charge is 2.48. The highest BCUT2D eigenvalue weighted by molar-refractivity contribution is 8.22. The fourth-order valence-corrected chi connectivity index (χ4v) is 23.6. The van der Waals surface area contributed by atoms with Gasteiger partial charge in [-0.2, -0.15) is 0 Å². The van der Waals surface area contributed by atoms with Crippen LogP contribution >= 0.6 is 12.1 Å². The number of ether oxygens (including phenoxy) is 2. The van der Waals surface area contributed by atoms with Crippen molar-refractivity contribution >= 4 is 140 Å². The number of carbonyl (C=O) groups excluding carboxylic acids is 14. The van der Waals surface area contributed by atoms with Crippen LogP contribution in [-0.4, -0.2) is 184 Å². The lowest BCUT2D eigenvalue weighted by atomic mass is 9.98. The third kappa shape index (κ3) is 22.9. The van der Waals surface area contributed by atoms with Gasteiger partial charge in [0.15, 0.2) is 0 Å². The van der Waals surface area contributed by atoms with Crippen LogP contribution in [0, 0.1) is 0 Å². The second-order valence-corrected chi connectivity index (χ2v) is 42.6. The minimum absolute atomic E-state index is 0.383. The smallest absolute Gasteiger partial charge is 0.417 e. The second kappa shape index (κ2) is 42.2. The van der Waals surface area contributed by atoms with Crippen LogP contribution in [0.2, 0.25) is 0 Å². The molecule has 0 aromatic heterocycles. The minimum atomic E-state index is -3.49. The predicted octanol–water partition coefficient (Wildman–Crippen LogP) is 7.59. The number of carbonyl (C=O) groups is 14. The molecule has 11 rings (SSSR count). The number of rotatable bonds is 36. The van der Waals surface area contributed by atoms with Gasteiger partial charge in [-0.05, 0) is 141 Å². The lowest BCUT2D eigenvalue weighted by molar-refractivity contribution is -0.142. The number of hydrogen-bond acceptors (Lipinski definition) is 18.